The smallest absolute Gasteiger partial charge is 0.0626 e. The molecule has 0 amide bonds. The molecule has 0 saturated carbocycles. The molecular weight excluding hydrogens is 105 g/mol. The van der Waals surface area contributed by atoms with Crippen LogP contribution in [-0.4, -0.2) is 53.0 Å². The zero-order chi connectivity index (χ0) is 0. The van der Waals surface area contributed by atoms with Gasteiger partial charge in [-0.25, -0.2) is 0 Å². The summed E-state index contributed by atoms with van der Waals surface area (Å²) in [6, 6.07) is 0. The van der Waals surface area contributed by atoms with Crippen molar-refractivity contribution in [1.29, 1.82) is 0 Å². The summed E-state index contributed by atoms with van der Waals surface area (Å²) in [7, 11) is 0. The van der Waals surface area contributed by atoms with Crippen LogP contribution in [0.5, 0.6) is 0 Å². The molecule has 0 nitrogen and oxygen atoms in total. The summed E-state index contributed by atoms with van der Waals surface area (Å²) in [5.41, 5.74) is 0. The Morgan fingerprint density at radius 2 is 0.571 bits per heavy atom. The van der Waals surface area contributed by atoms with Gasteiger partial charge in [-0.05, 0) is 11.0 Å². The Morgan fingerprint density at radius 3 is 0.571 bits per heavy atom. The normalized spacial score (nSPS) is 0. The standard InChI is InChI=1S/BH4.4BH3.Na.H4Si/h1H4;4*1H3;;1H4/q-1;;;;;+1;. The summed E-state index contributed by atoms with van der Waals surface area (Å²) in [6.07, 6.45) is 0. The fourth-order valence-electron chi connectivity index (χ4n) is 0. The number of hydrogen-bond donors (Lipinski definition) is 0. The van der Waals surface area contributed by atoms with Crippen molar-refractivity contribution in [2.45, 2.75) is 0 Å². The number of hydrogen-bond acceptors (Lipinski definition) is 0. The molecule has 7 heteroatoms. The fourth-order valence-corrected chi connectivity index (χ4v) is 0. The van der Waals surface area contributed by atoms with Crippen LogP contribution in [0.15, 0.2) is 0 Å². The Kier molecular flexibility index (Phi) is 3970. The Bertz CT molecular complexity index is 8.04. The van der Waals surface area contributed by atoms with E-state index in [0.717, 1.165) is 0 Å². The summed E-state index contributed by atoms with van der Waals surface area (Å²) in [4.78, 5) is 0. The van der Waals surface area contributed by atoms with Crippen LogP contribution in [0.25, 0.3) is 0 Å². The van der Waals surface area contributed by atoms with Crippen molar-refractivity contribution in [3.05, 3.63) is 0 Å². The molecule has 0 saturated heterocycles. The molecule has 0 aromatic carbocycles. The van der Waals surface area contributed by atoms with Crippen molar-refractivity contribution in [2.75, 3.05) is 0 Å². The van der Waals surface area contributed by atoms with Crippen molar-refractivity contribution >= 4 is 53.0 Å². The molecule has 0 aliphatic carbocycles. The van der Waals surface area contributed by atoms with E-state index in [2.05, 4.69) is 0 Å². The summed E-state index contributed by atoms with van der Waals surface area (Å²) in [6.45, 7) is 0. The fraction of sp³-hybridized carbons (Fsp3) is 0. The van der Waals surface area contributed by atoms with E-state index in [1.807, 2.05) is 0 Å². The van der Waals surface area contributed by atoms with E-state index < -0.39 is 0 Å². The van der Waals surface area contributed by atoms with E-state index in [9.17, 15) is 0 Å². The molecule has 0 aliphatic heterocycles. The maximum Gasteiger partial charge on any atom is 1.00 e. The van der Waals surface area contributed by atoms with E-state index >= 15 is 0 Å². The SMILES string of the molecule is B.B.B.B.[BH4-].[Na+].[SiH4]. The molecule has 0 bridgehead atoms. The minimum Gasteiger partial charge on any atom is -0.0626 e. The molecule has 0 atom stereocenters. The first-order valence-electron chi connectivity index (χ1n) is 0. The van der Waals surface area contributed by atoms with Gasteiger partial charge in [-0.15, -0.1) is 0 Å². The van der Waals surface area contributed by atoms with Crippen molar-refractivity contribution < 1.29 is 29.6 Å². The van der Waals surface area contributed by atoms with Crippen LogP contribution in [-0.2, 0) is 0 Å². The third-order valence-electron chi connectivity index (χ3n) is 0. The first-order valence-corrected chi connectivity index (χ1v) is 0. The molecule has 0 heterocycles. The molecule has 0 unspecified atom stereocenters. The molecule has 0 aromatic heterocycles. The molecule has 0 aliphatic rings. The van der Waals surface area contributed by atoms with Crippen molar-refractivity contribution in [3.8, 4) is 0 Å². The molecule has 0 radical (unpaired) electrons. The minimum absolute atomic E-state index is 0. The molecule has 0 fully saturated rings. The quantitative estimate of drug-likeness (QED) is 0.282. The Hall–Kier alpha value is 1.54. The summed E-state index contributed by atoms with van der Waals surface area (Å²) in [5, 5.41) is 0. The second-order valence-electron chi connectivity index (χ2n) is 0. The molecule has 0 aromatic rings. The first-order chi connectivity index (χ1) is 0. The van der Waals surface area contributed by atoms with Crippen molar-refractivity contribution in [2.24, 2.45) is 0 Å². The predicted molar refractivity (Wildman–Crippen MR) is 62.4 cm³/mol. The largest absolute Gasteiger partial charge is 1.00 e. The summed E-state index contributed by atoms with van der Waals surface area (Å²) in [5.74, 6) is 0. The van der Waals surface area contributed by atoms with E-state index in [4.69, 9.17) is 0 Å². The Labute approximate surface area is 82.2 Å². The zero-order valence-corrected chi connectivity index (χ0v) is 3.00. The van der Waals surface area contributed by atoms with Gasteiger partial charge < -0.3 is 0 Å². The Morgan fingerprint density at radius 1 is 0.571 bits per heavy atom. The average molecular weight is 125 g/mol. The first kappa shape index (κ1) is 204. The second-order valence-corrected chi connectivity index (χ2v) is 0. The predicted octanol–water partition coefficient (Wildman–Crippen LogP) is -10.6. The van der Waals surface area contributed by atoms with Crippen LogP contribution in [0.2, 0.25) is 0 Å². The van der Waals surface area contributed by atoms with Gasteiger partial charge in [0.05, 0.1) is 33.7 Å². The third kappa shape index (κ3) is 97.5. The Balaban J connectivity index is 0. The average Bonchev–Trinajstić information content (AvgIpc) is 0. The van der Waals surface area contributed by atoms with E-state index in [-0.39, 0.29) is 82.6 Å². The van der Waals surface area contributed by atoms with Gasteiger partial charge in [-0.2, -0.15) is 0 Å². The van der Waals surface area contributed by atoms with Gasteiger partial charge in [-0.1, -0.05) is 8.41 Å². The molecule has 0 rings (SSSR count). The minimum atomic E-state index is 0. The topological polar surface area (TPSA) is 0 Å². The van der Waals surface area contributed by atoms with Gasteiger partial charge in [0.2, 0.25) is 0 Å². The van der Waals surface area contributed by atoms with Crippen molar-refractivity contribution in [1.82, 2.24) is 0 Å². The van der Waals surface area contributed by atoms with Gasteiger partial charge in [0.1, 0.15) is 0 Å². The van der Waals surface area contributed by atoms with Crippen LogP contribution in [0.3, 0.4) is 0 Å². The van der Waals surface area contributed by atoms with Gasteiger partial charge >= 0.3 is 29.6 Å². The van der Waals surface area contributed by atoms with E-state index in [0.29, 0.717) is 0 Å². The molecule has 40 valence electrons. The molecule has 0 spiro atoms. The van der Waals surface area contributed by atoms with Crippen LogP contribution in [0.4, 0.5) is 0 Å². The van der Waals surface area contributed by atoms with Gasteiger partial charge in [0.25, 0.3) is 0 Å². The second kappa shape index (κ2) is 136. The van der Waals surface area contributed by atoms with Gasteiger partial charge in [0, 0.05) is 0 Å². The van der Waals surface area contributed by atoms with Crippen LogP contribution in [0, 0.1) is 0 Å². The monoisotopic (exact) mass is 126 g/mol. The van der Waals surface area contributed by atoms with Gasteiger partial charge in [-0.3, -0.25) is 0 Å². The molecule has 7 heavy (non-hydrogen) atoms. The molecular formula is H20B5NaSi. The van der Waals surface area contributed by atoms with Crippen LogP contribution < -0.4 is 29.6 Å². The molecule has 0 N–H and O–H groups in total. The van der Waals surface area contributed by atoms with E-state index in [1.54, 1.807) is 0 Å². The zero-order valence-electron chi connectivity index (χ0n) is 1.00. The van der Waals surface area contributed by atoms with Crippen LogP contribution >= 0.6 is 0 Å². The maximum atomic E-state index is 0. The summed E-state index contributed by atoms with van der Waals surface area (Å²) < 4.78 is 0. The van der Waals surface area contributed by atoms with E-state index in [1.165, 1.54) is 0 Å². The number of rotatable bonds is 0. The summed E-state index contributed by atoms with van der Waals surface area (Å²) >= 11 is 0. The van der Waals surface area contributed by atoms with Crippen molar-refractivity contribution in [3.63, 3.8) is 0 Å². The van der Waals surface area contributed by atoms with Crippen LogP contribution in [0.1, 0.15) is 0 Å². The maximum absolute atomic E-state index is 0. The third-order valence-corrected chi connectivity index (χ3v) is 0. The van der Waals surface area contributed by atoms with Gasteiger partial charge in [0.15, 0.2) is 0 Å².